The van der Waals surface area contributed by atoms with E-state index in [1.807, 2.05) is 11.8 Å². The van der Waals surface area contributed by atoms with Gasteiger partial charge in [0, 0.05) is 32.1 Å². The van der Waals surface area contributed by atoms with Gasteiger partial charge in [-0.05, 0) is 32.2 Å². The highest BCUT2D eigenvalue weighted by molar-refractivity contribution is 5.81. The molecule has 2 rings (SSSR count). The molecule has 19 heavy (non-hydrogen) atoms. The average molecular weight is 267 g/mol. The zero-order valence-corrected chi connectivity index (χ0v) is 11.8. The van der Waals surface area contributed by atoms with Crippen LogP contribution >= 0.6 is 0 Å². The maximum Gasteiger partial charge on any atom is 0.225 e. The third kappa shape index (κ3) is 3.93. The molecule has 108 valence electrons. The molecule has 0 bridgehead atoms. The van der Waals surface area contributed by atoms with Crippen molar-refractivity contribution in [3.63, 3.8) is 0 Å². The molecule has 2 fully saturated rings. The Morgan fingerprint density at radius 2 is 2.21 bits per heavy atom. The molecule has 0 aliphatic carbocycles. The zero-order valence-electron chi connectivity index (χ0n) is 11.8. The zero-order chi connectivity index (χ0) is 13.7. The van der Waals surface area contributed by atoms with Crippen LogP contribution in [0, 0.1) is 5.92 Å². The lowest BCUT2D eigenvalue weighted by molar-refractivity contribution is -0.135. The lowest BCUT2D eigenvalue weighted by Gasteiger charge is -2.32. The molecule has 2 amide bonds. The lowest BCUT2D eigenvalue weighted by Crippen LogP contribution is -2.47. The summed E-state index contributed by atoms with van der Waals surface area (Å²) in [5, 5.41) is 6.35. The fraction of sp³-hybridized carbons (Fsp3) is 0.857. The van der Waals surface area contributed by atoms with Gasteiger partial charge in [-0.2, -0.15) is 0 Å². The van der Waals surface area contributed by atoms with Crippen molar-refractivity contribution < 1.29 is 9.59 Å². The molecular weight excluding hydrogens is 242 g/mol. The molecule has 0 aromatic heterocycles. The van der Waals surface area contributed by atoms with Gasteiger partial charge in [0.05, 0.1) is 5.92 Å². The highest BCUT2D eigenvalue weighted by atomic mass is 16.2. The third-order valence-corrected chi connectivity index (χ3v) is 4.02. The van der Waals surface area contributed by atoms with Crippen LogP contribution in [0.2, 0.25) is 0 Å². The van der Waals surface area contributed by atoms with Crippen LogP contribution in [-0.4, -0.2) is 48.9 Å². The maximum atomic E-state index is 12.2. The normalized spacial score (nSPS) is 27.3. The van der Waals surface area contributed by atoms with Crippen molar-refractivity contribution in [1.82, 2.24) is 15.5 Å². The first-order valence-corrected chi connectivity index (χ1v) is 7.49. The van der Waals surface area contributed by atoms with Crippen molar-refractivity contribution in [2.75, 3.05) is 26.2 Å². The first-order chi connectivity index (χ1) is 9.20. The minimum Gasteiger partial charge on any atom is -0.352 e. The smallest absolute Gasteiger partial charge is 0.225 e. The van der Waals surface area contributed by atoms with Crippen LogP contribution < -0.4 is 10.6 Å². The molecule has 0 aromatic rings. The monoisotopic (exact) mass is 267 g/mol. The summed E-state index contributed by atoms with van der Waals surface area (Å²) in [4.78, 5) is 26.0. The first-order valence-electron chi connectivity index (χ1n) is 7.49. The number of likely N-dealkylation sites (tertiary alicyclic amines) is 1. The van der Waals surface area contributed by atoms with E-state index in [0.717, 1.165) is 45.3 Å². The number of rotatable bonds is 4. The van der Waals surface area contributed by atoms with E-state index in [1.54, 1.807) is 0 Å². The van der Waals surface area contributed by atoms with Crippen LogP contribution in [-0.2, 0) is 9.59 Å². The molecule has 0 aromatic carbocycles. The molecule has 2 heterocycles. The minimum atomic E-state index is -0.0184. The second-order valence-corrected chi connectivity index (χ2v) is 5.63. The highest BCUT2D eigenvalue weighted by Crippen LogP contribution is 2.18. The Bertz CT molecular complexity index is 327. The molecule has 2 atom stereocenters. The molecule has 0 saturated carbocycles. The van der Waals surface area contributed by atoms with E-state index >= 15 is 0 Å². The van der Waals surface area contributed by atoms with E-state index in [-0.39, 0.29) is 23.8 Å². The van der Waals surface area contributed by atoms with Gasteiger partial charge in [0.15, 0.2) is 0 Å². The Kier molecular flexibility index (Phi) is 5.19. The largest absolute Gasteiger partial charge is 0.352 e. The summed E-state index contributed by atoms with van der Waals surface area (Å²) in [5.74, 6) is 0.306. The maximum absolute atomic E-state index is 12.2. The van der Waals surface area contributed by atoms with Gasteiger partial charge >= 0.3 is 0 Å². The number of hydrogen-bond acceptors (Lipinski definition) is 3. The molecule has 0 radical (unpaired) electrons. The second kappa shape index (κ2) is 6.89. The van der Waals surface area contributed by atoms with Crippen molar-refractivity contribution in [3.05, 3.63) is 0 Å². The number of carbonyl (C=O) groups excluding carboxylic acids is 2. The number of piperidine rings is 1. The van der Waals surface area contributed by atoms with Crippen molar-refractivity contribution in [1.29, 1.82) is 0 Å². The first kappa shape index (κ1) is 14.3. The van der Waals surface area contributed by atoms with Crippen LogP contribution in [0.25, 0.3) is 0 Å². The predicted octanol–water partition coefficient (Wildman–Crippen LogP) is 0.503. The van der Waals surface area contributed by atoms with Gasteiger partial charge in [-0.15, -0.1) is 0 Å². The summed E-state index contributed by atoms with van der Waals surface area (Å²) in [6.07, 6.45) is 4.33. The summed E-state index contributed by atoms with van der Waals surface area (Å²) in [6.45, 7) is 5.28. The van der Waals surface area contributed by atoms with E-state index < -0.39 is 0 Å². The SMILES string of the molecule is CCCC(=O)N1CCCC(C(=O)NC2CCNC2)C1. The fourth-order valence-electron chi connectivity index (χ4n) is 2.89. The van der Waals surface area contributed by atoms with Gasteiger partial charge < -0.3 is 15.5 Å². The summed E-state index contributed by atoms with van der Waals surface area (Å²) in [5.41, 5.74) is 0. The third-order valence-electron chi connectivity index (χ3n) is 4.02. The Balaban J connectivity index is 1.82. The van der Waals surface area contributed by atoms with Gasteiger partial charge in [-0.25, -0.2) is 0 Å². The minimum absolute atomic E-state index is 0.0184. The fourth-order valence-corrected chi connectivity index (χ4v) is 2.89. The number of carbonyl (C=O) groups is 2. The molecule has 0 spiro atoms. The van der Waals surface area contributed by atoms with E-state index in [2.05, 4.69) is 10.6 Å². The summed E-state index contributed by atoms with van der Waals surface area (Å²) >= 11 is 0. The topological polar surface area (TPSA) is 61.4 Å². The lowest BCUT2D eigenvalue weighted by atomic mass is 9.96. The van der Waals surface area contributed by atoms with Crippen LogP contribution in [0.3, 0.4) is 0 Å². The number of nitrogens with zero attached hydrogens (tertiary/aromatic N) is 1. The van der Waals surface area contributed by atoms with Gasteiger partial charge in [-0.3, -0.25) is 9.59 Å². The molecule has 2 saturated heterocycles. The molecule has 5 nitrogen and oxygen atoms in total. The van der Waals surface area contributed by atoms with Crippen molar-refractivity contribution >= 4 is 11.8 Å². The van der Waals surface area contributed by atoms with Gasteiger partial charge in [-0.1, -0.05) is 6.92 Å². The predicted molar refractivity (Wildman–Crippen MR) is 73.6 cm³/mol. The molecule has 5 heteroatoms. The molecular formula is C14H25N3O2. The van der Waals surface area contributed by atoms with Crippen LogP contribution in [0.4, 0.5) is 0 Å². The van der Waals surface area contributed by atoms with E-state index in [0.29, 0.717) is 13.0 Å². The number of nitrogens with one attached hydrogen (secondary N) is 2. The van der Waals surface area contributed by atoms with Crippen LogP contribution in [0.1, 0.15) is 39.0 Å². The standard InChI is InChI=1S/C14H25N3O2/c1-2-4-13(18)17-8-3-5-11(10-17)14(19)16-12-6-7-15-9-12/h11-12,15H,2-10H2,1H3,(H,16,19). The molecule has 2 N–H and O–H groups in total. The Morgan fingerprint density at radius 1 is 1.37 bits per heavy atom. The van der Waals surface area contributed by atoms with Gasteiger partial charge in [0.25, 0.3) is 0 Å². The number of amides is 2. The Labute approximate surface area is 115 Å². The van der Waals surface area contributed by atoms with E-state index in [9.17, 15) is 9.59 Å². The molecule has 2 aliphatic heterocycles. The van der Waals surface area contributed by atoms with E-state index in [1.165, 1.54) is 0 Å². The van der Waals surface area contributed by atoms with Gasteiger partial charge in [0.2, 0.25) is 11.8 Å². The molecule has 2 aliphatic rings. The summed E-state index contributed by atoms with van der Waals surface area (Å²) < 4.78 is 0. The van der Waals surface area contributed by atoms with Crippen molar-refractivity contribution in [2.45, 2.75) is 45.1 Å². The number of hydrogen-bond donors (Lipinski definition) is 2. The Morgan fingerprint density at radius 3 is 2.89 bits per heavy atom. The van der Waals surface area contributed by atoms with Gasteiger partial charge in [0.1, 0.15) is 0 Å². The molecule has 2 unspecified atom stereocenters. The van der Waals surface area contributed by atoms with Crippen LogP contribution in [0.5, 0.6) is 0 Å². The summed E-state index contributed by atoms with van der Waals surface area (Å²) in [7, 11) is 0. The van der Waals surface area contributed by atoms with Crippen LogP contribution in [0.15, 0.2) is 0 Å². The van der Waals surface area contributed by atoms with E-state index in [4.69, 9.17) is 0 Å². The Hall–Kier alpha value is -1.10. The van der Waals surface area contributed by atoms with Crippen molar-refractivity contribution in [3.8, 4) is 0 Å². The average Bonchev–Trinajstić information content (AvgIpc) is 2.92. The highest BCUT2D eigenvalue weighted by Gasteiger charge is 2.29. The van der Waals surface area contributed by atoms with Crippen molar-refractivity contribution in [2.24, 2.45) is 5.92 Å². The quantitative estimate of drug-likeness (QED) is 0.780. The second-order valence-electron chi connectivity index (χ2n) is 5.63. The summed E-state index contributed by atoms with van der Waals surface area (Å²) in [6, 6.07) is 0.272.